The second-order valence-corrected chi connectivity index (χ2v) is 7.31. The van der Waals surface area contributed by atoms with E-state index in [2.05, 4.69) is 5.43 Å². The fourth-order valence-electron chi connectivity index (χ4n) is 2.60. The van der Waals surface area contributed by atoms with Gasteiger partial charge in [-0.3, -0.25) is 15.1 Å². The summed E-state index contributed by atoms with van der Waals surface area (Å²) in [6.45, 7) is 2.92. The van der Waals surface area contributed by atoms with Gasteiger partial charge in [-0.15, -0.1) is 4.83 Å². The van der Waals surface area contributed by atoms with Crippen molar-refractivity contribution < 1.29 is 22.8 Å². The first kappa shape index (κ1) is 17.0. The van der Waals surface area contributed by atoms with E-state index in [-0.39, 0.29) is 12.1 Å². The number of nitrogens with zero attached hydrogens (tertiary/aromatic N) is 2. The minimum atomic E-state index is -3.53. The molecule has 0 unspecified atom stereocenters. The summed E-state index contributed by atoms with van der Waals surface area (Å²) in [7, 11) is -3.53. The van der Waals surface area contributed by atoms with Crippen LogP contribution in [-0.2, 0) is 19.7 Å². The van der Waals surface area contributed by atoms with Crippen LogP contribution in [0.15, 0.2) is 0 Å². The van der Waals surface area contributed by atoms with Crippen LogP contribution in [-0.4, -0.2) is 61.8 Å². The molecule has 2 fully saturated rings. The van der Waals surface area contributed by atoms with E-state index in [9.17, 15) is 18.0 Å². The zero-order chi connectivity index (χ0) is 16.3. The molecule has 3 amide bonds. The summed E-state index contributed by atoms with van der Waals surface area (Å²) in [5.41, 5.74) is 2.13. The molecule has 2 saturated heterocycles. The van der Waals surface area contributed by atoms with E-state index >= 15 is 0 Å². The molecule has 0 saturated carbocycles. The van der Waals surface area contributed by atoms with Crippen molar-refractivity contribution in [3.05, 3.63) is 0 Å². The number of carbonyl (C=O) groups excluding carboxylic acids is 2. The number of unbranched alkanes of at least 4 members (excludes halogenated alkanes) is 1. The molecule has 9 nitrogen and oxygen atoms in total. The topological polar surface area (TPSA) is 108 Å². The third-order valence-corrected chi connectivity index (χ3v) is 4.19. The van der Waals surface area contributed by atoms with Crippen LogP contribution in [0.3, 0.4) is 0 Å². The van der Waals surface area contributed by atoms with E-state index in [0.717, 1.165) is 19.1 Å². The zero-order valence-corrected chi connectivity index (χ0v) is 13.6. The molecular weight excluding hydrogens is 312 g/mol. The molecule has 0 aromatic heterocycles. The number of hydrazine groups is 1. The molecule has 0 aromatic carbocycles. The third kappa shape index (κ3) is 3.87. The van der Waals surface area contributed by atoms with Crippen molar-refractivity contribution in [1.29, 1.82) is 0 Å². The van der Waals surface area contributed by atoms with Crippen molar-refractivity contribution in [1.82, 2.24) is 20.2 Å². The van der Waals surface area contributed by atoms with Crippen LogP contribution in [0.4, 0.5) is 4.79 Å². The number of amides is 3. The van der Waals surface area contributed by atoms with Gasteiger partial charge in [0.05, 0.1) is 18.9 Å². The average molecular weight is 334 g/mol. The van der Waals surface area contributed by atoms with E-state index in [1.54, 1.807) is 0 Å². The van der Waals surface area contributed by atoms with Crippen molar-refractivity contribution >= 4 is 22.0 Å². The second kappa shape index (κ2) is 6.80. The summed E-state index contributed by atoms with van der Waals surface area (Å²) in [5.74, 6) is -0.535. The first-order valence-corrected chi connectivity index (χ1v) is 9.22. The largest absolute Gasteiger partial charge is 0.345 e. The Bertz CT molecular complexity index is 538. The standard InChI is InChI=1S/C12H22N4O5S/c1-3-4-7-21-16-9-5-6-10(15(8-9)12(16)18)11(17)13-14-22(2,19)20/h9-10,14H,3-8H2,1-2H3,(H,13,17)/t9-,10-/m0/s1. The number of hydrogen-bond donors (Lipinski definition) is 2. The van der Waals surface area contributed by atoms with Crippen LogP contribution in [0, 0.1) is 0 Å². The minimum Gasteiger partial charge on any atom is -0.309 e. The lowest BCUT2D eigenvalue weighted by atomic mass is 10.0. The molecule has 2 aliphatic rings. The van der Waals surface area contributed by atoms with Crippen LogP contribution >= 0.6 is 0 Å². The van der Waals surface area contributed by atoms with Gasteiger partial charge < -0.3 is 4.90 Å². The number of carbonyl (C=O) groups is 2. The lowest BCUT2D eigenvalue weighted by Crippen LogP contribution is -2.53. The van der Waals surface area contributed by atoms with Gasteiger partial charge in [-0.2, -0.15) is 5.06 Å². The molecule has 126 valence electrons. The maximum Gasteiger partial charge on any atom is 0.345 e. The molecular formula is C12H22N4O5S. The SMILES string of the molecule is CCCCON1C(=O)N2C[C@@H]1CC[C@H]2C(=O)NNS(C)(=O)=O. The molecule has 2 aliphatic heterocycles. The number of piperidine rings is 1. The van der Waals surface area contributed by atoms with Crippen molar-refractivity contribution in [2.75, 3.05) is 19.4 Å². The Morgan fingerprint density at radius 2 is 2.14 bits per heavy atom. The van der Waals surface area contributed by atoms with Crippen molar-refractivity contribution in [2.45, 2.75) is 44.7 Å². The summed E-state index contributed by atoms with van der Waals surface area (Å²) < 4.78 is 22.0. The highest BCUT2D eigenvalue weighted by molar-refractivity contribution is 7.88. The van der Waals surface area contributed by atoms with Gasteiger partial charge in [0, 0.05) is 6.54 Å². The number of sulfonamides is 1. The maximum atomic E-state index is 12.3. The molecule has 0 radical (unpaired) electrons. The van der Waals surface area contributed by atoms with Crippen LogP contribution < -0.4 is 10.3 Å². The maximum absolute atomic E-state index is 12.3. The van der Waals surface area contributed by atoms with Crippen molar-refractivity contribution in [3.8, 4) is 0 Å². The predicted octanol–water partition coefficient (Wildman–Crippen LogP) is -0.433. The Morgan fingerprint density at radius 3 is 2.77 bits per heavy atom. The Labute approximate surface area is 129 Å². The molecule has 2 bridgehead atoms. The van der Waals surface area contributed by atoms with E-state index in [1.165, 1.54) is 9.96 Å². The summed E-state index contributed by atoms with van der Waals surface area (Å²) >= 11 is 0. The first-order valence-electron chi connectivity index (χ1n) is 7.33. The lowest BCUT2D eigenvalue weighted by Gasteiger charge is -2.29. The van der Waals surface area contributed by atoms with E-state index in [0.29, 0.717) is 26.0 Å². The van der Waals surface area contributed by atoms with Gasteiger partial charge in [0.1, 0.15) is 6.04 Å². The molecule has 0 spiro atoms. The van der Waals surface area contributed by atoms with Crippen LogP contribution in [0.1, 0.15) is 32.6 Å². The van der Waals surface area contributed by atoms with E-state index in [4.69, 9.17) is 4.84 Å². The summed E-state index contributed by atoms with van der Waals surface area (Å²) in [4.78, 5) is 33.2. The van der Waals surface area contributed by atoms with Crippen LogP contribution in [0.5, 0.6) is 0 Å². The summed E-state index contributed by atoms with van der Waals surface area (Å²) in [6.07, 6.45) is 3.89. The number of hydroxylamine groups is 2. The van der Waals surface area contributed by atoms with Gasteiger partial charge in [0.25, 0.3) is 5.91 Å². The first-order chi connectivity index (χ1) is 10.3. The normalized spacial score (nSPS) is 24.7. The summed E-state index contributed by atoms with van der Waals surface area (Å²) in [6, 6.07) is -1.06. The fraction of sp³-hybridized carbons (Fsp3) is 0.833. The predicted molar refractivity (Wildman–Crippen MR) is 77.7 cm³/mol. The van der Waals surface area contributed by atoms with Crippen LogP contribution in [0.2, 0.25) is 0 Å². The van der Waals surface area contributed by atoms with Crippen molar-refractivity contribution in [2.24, 2.45) is 0 Å². The van der Waals surface area contributed by atoms with Gasteiger partial charge in [-0.1, -0.05) is 13.3 Å². The average Bonchev–Trinajstić information content (AvgIpc) is 2.69. The quantitative estimate of drug-likeness (QED) is 0.485. The highest BCUT2D eigenvalue weighted by Crippen LogP contribution is 2.30. The Morgan fingerprint density at radius 1 is 1.41 bits per heavy atom. The van der Waals surface area contributed by atoms with Gasteiger partial charge in [-0.25, -0.2) is 13.2 Å². The Hall–Kier alpha value is -1.39. The van der Waals surface area contributed by atoms with E-state index < -0.39 is 22.0 Å². The van der Waals surface area contributed by atoms with Crippen LogP contribution in [0.25, 0.3) is 0 Å². The third-order valence-electron chi connectivity index (χ3n) is 3.71. The van der Waals surface area contributed by atoms with Crippen molar-refractivity contribution in [3.63, 3.8) is 0 Å². The smallest absolute Gasteiger partial charge is 0.309 e. The number of nitrogens with one attached hydrogen (secondary N) is 2. The molecule has 2 N–H and O–H groups in total. The monoisotopic (exact) mass is 334 g/mol. The highest BCUT2D eigenvalue weighted by Gasteiger charge is 2.47. The Kier molecular flexibility index (Phi) is 5.24. The van der Waals surface area contributed by atoms with E-state index in [1.807, 2.05) is 11.8 Å². The van der Waals surface area contributed by atoms with Gasteiger partial charge >= 0.3 is 6.03 Å². The van der Waals surface area contributed by atoms with Gasteiger partial charge in [0.15, 0.2) is 0 Å². The molecule has 22 heavy (non-hydrogen) atoms. The molecule has 2 rings (SSSR count). The molecule has 10 heteroatoms. The molecule has 0 aliphatic carbocycles. The Balaban J connectivity index is 1.95. The lowest BCUT2D eigenvalue weighted by molar-refractivity contribution is -0.131. The van der Waals surface area contributed by atoms with Gasteiger partial charge in [0.2, 0.25) is 10.0 Å². The molecule has 2 atom stereocenters. The number of rotatable bonds is 7. The fourth-order valence-corrected chi connectivity index (χ4v) is 2.89. The van der Waals surface area contributed by atoms with Gasteiger partial charge in [-0.05, 0) is 19.3 Å². The zero-order valence-electron chi connectivity index (χ0n) is 12.7. The number of fused-ring (bicyclic) bond motifs is 2. The number of urea groups is 1. The summed E-state index contributed by atoms with van der Waals surface area (Å²) in [5, 5.41) is 1.35. The molecule has 0 aromatic rings. The minimum absolute atomic E-state index is 0.0451. The highest BCUT2D eigenvalue weighted by atomic mass is 32.2. The number of hydrogen-bond acceptors (Lipinski definition) is 5. The second-order valence-electron chi connectivity index (χ2n) is 5.56. The molecule has 2 heterocycles.